The smallest absolute Gasteiger partial charge is 0.319 e. The van der Waals surface area contributed by atoms with Crippen molar-refractivity contribution in [3.05, 3.63) is 82.8 Å². The fourth-order valence-electron chi connectivity index (χ4n) is 4.13. The van der Waals surface area contributed by atoms with E-state index in [1.165, 1.54) is 10.9 Å². The van der Waals surface area contributed by atoms with Gasteiger partial charge < -0.3 is 15.5 Å². The molecule has 0 bridgehead atoms. The van der Waals surface area contributed by atoms with Crippen LogP contribution in [0.1, 0.15) is 17.8 Å². The molecule has 2 N–H and O–H groups in total. The highest BCUT2D eigenvalue weighted by molar-refractivity contribution is 7.10. The number of benzene rings is 2. The highest BCUT2D eigenvalue weighted by Crippen LogP contribution is 2.30. The van der Waals surface area contributed by atoms with E-state index >= 15 is 0 Å². The van der Waals surface area contributed by atoms with Crippen molar-refractivity contribution in [2.75, 3.05) is 36.4 Å². The normalized spacial score (nSPS) is 16.5. The minimum atomic E-state index is -0.217. The summed E-state index contributed by atoms with van der Waals surface area (Å²) < 4.78 is 14.2. The second kappa shape index (κ2) is 9.94. The third-order valence-corrected chi connectivity index (χ3v) is 6.54. The Morgan fingerprint density at radius 2 is 1.68 bits per heavy atom. The number of anilines is 2. The summed E-state index contributed by atoms with van der Waals surface area (Å²) in [5.74, 6) is -0.182. The lowest BCUT2D eigenvalue weighted by atomic mass is 10.0. The van der Waals surface area contributed by atoms with E-state index < -0.39 is 0 Å². The highest BCUT2D eigenvalue weighted by atomic mass is 32.1. The summed E-state index contributed by atoms with van der Waals surface area (Å²) in [5, 5.41) is 8.07. The molecule has 2 aromatic carbocycles. The number of urea groups is 1. The zero-order chi connectivity index (χ0) is 21.6. The zero-order valence-electron chi connectivity index (χ0n) is 17.5. The van der Waals surface area contributed by atoms with Crippen LogP contribution in [0, 0.1) is 5.82 Å². The van der Waals surface area contributed by atoms with E-state index in [0.29, 0.717) is 5.69 Å². The van der Waals surface area contributed by atoms with Crippen molar-refractivity contribution in [1.29, 1.82) is 0 Å². The predicted molar refractivity (Wildman–Crippen MR) is 125 cm³/mol. The Bertz CT molecular complexity index is 974. The molecule has 0 radical (unpaired) electrons. The van der Waals surface area contributed by atoms with E-state index in [2.05, 4.69) is 31.9 Å². The lowest BCUT2D eigenvalue weighted by Crippen LogP contribution is -2.52. The average molecular weight is 439 g/mol. The first-order valence-electron chi connectivity index (χ1n) is 10.5. The van der Waals surface area contributed by atoms with Crippen LogP contribution >= 0.6 is 11.3 Å². The topological polar surface area (TPSA) is 47.6 Å². The van der Waals surface area contributed by atoms with Crippen LogP contribution in [-0.4, -0.2) is 43.2 Å². The van der Waals surface area contributed by atoms with Crippen molar-refractivity contribution in [2.24, 2.45) is 0 Å². The van der Waals surface area contributed by atoms with E-state index in [1.54, 1.807) is 17.4 Å². The van der Waals surface area contributed by atoms with E-state index in [9.17, 15) is 9.18 Å². The summed E-state index contributed by atoms with van der Waals surface area (Å²) in [4.78, 5) is 18.3. The SMILES string of the molecule is C[C@@H](NC(=O)Nc1ccccc1)[C@@H](c1cccs1)N1CCN(c2ccccc2F)CC1. The van der Waals surface area contributed by atoms with Gasteiger partial charge in [-0.25, -0.2) is 9.18 Å². The molecule has 0 spiro atoms. The molecule has 1 aliphatic rings. The van der Waals surface area contributed by atoms with Crippen molar-refractivity contribution in [3.63, 3.8) is 0 Å². The van der Waals surface area contributed by atoms with Gasteiger partial charge in [-0.2, -0.15) is 0 Å². The molecule has 0 unspecified atom stereocenters. The Labute approximate surface area is 186 Å². The van der Waals surface area contributed by atoms with Crippen molar-refractivity contribution in [1.82, 2.24) is 10.2 Å². The first-order chi connectivity index (χ1) is 15.1. The first-order valence-corrected chi connectivity index (χ1v) is 11.4. The lowest BCUT2D eigenvalue weighted by molar-refractivity contribution is 0.157. The van der Waals surface area contributed by atoms with Gasteiger partial charge in [0.1, 0.15) is 5.82 Å². The first kappa shape index (κ1) is 21.3. The van der Waals surface area contributed by atoms with Gasteiger partial charge in [0.2, 0.25) is 0 Å². The number of nitrogens with zero attached hydrogens (tertiary/aromatic N) is 2. The molecular weight excluding hydrogens is 411 g/mol. The van der Waals surface area contributed by atoms with Gasteiger partial charge in [-0.15, -0.1) is 11.3 Å². The molecule has 7 heteroatoms. The Morgan fingerprint density at radius 3 is 2.35 bits per heavy atom. The van der Waals surface area contributed by atoms with Gasteiger partial charge in [-0.3, -0.25) is 4.90 Å². The molecule has 0 saturated carbocycles. The summed E-state index contributed by atoms with van der Waals surface area (Å²) in [6.45, 7) is 5.11. The Morgan fingerprint density at radius 1 is 0.968 bits per heavy atom. The van der Waals surface area contributed by atoms with Crippen molar-refractivity contribution in [3.8, 4) is 0 Å². The molecule has 162 valence electrons. The van der Waals surface area contributed by atoms with Gasteiger partial charge in [-0.1, -0.05) is 36.4 Å². The summed E-state index contributed by atoms with van der Waals surface area (Å²) in [6, 6.07) is 20.3. The Kier molecular flexibility index (Phi) is 6.84. The summed E-state index contributed by atoms with van der Waals surface area (Å²) in [5.41, 5.74) is 1.42. The number of nitrogens with one attached hydrogen (secondary N) is 2. The number of hydrogen-bond donors (Lipinski definition) is 2. The van der Waals surface area contributed by atoms with Crippen LogP contribution in [0.15, 0.2) is 72.1 Å². The van der Waals surface area contributed by atoms with Crippen molar-refractivity contribution >= 4 is 28.7 Å². The Balaban J connectivity index is 1.42. The predicted octanol–water partition coefficient (Wildman–Crippen LogP) is 4.96. The minimum Gasteiger partial charge on any atom is -0.367 e. The standard InChI is InChI=1S/C24H27FN4OS/c1-18(26-24(30)27-19-8-3-2-4-9-19)23(22-12-7-17-31-22)29-15-13-28(14-16-29)21-11-6-5-10-20(21)25/h2-12,17-18,23H,13-16H2,1H3,(H2,26,27,30)/t18-,23+/m1/s1. The van der Waals surface area contributed by atoms with E-state index in [4.69, 9.17) is 0 Å². The van der Waals surface area contributed by atoms with Gasteiger partial charge in [0.25, 0.3) is 0 Å². The lowest BCUT2D eigenvalue weighted by Gasteiger charge is -2.42. The van der Waals surface area contributed by atoms with Crippen LogP contribution in [0.25, 0.3) is 0 Å². The maximum absolute atomic E-state index is 14.2. The molecular formula is C24H27FN4OS. The fourth-order valence-corrected chi connectivity index (χ4v) is 5.09. The molecule has 1 saturated heterocycles. The van der Waals surface area contributed by atoms with Gasteiger partial charge in [0, 0.05) is 42.8 Å². The number of carbonyl (C=O) groups excluding carboxylic acids is 1. The van der Waals surface area contributed by atoms with Crippen LogP contribution in [0.5, 0.6) is 0 Å². The number of para-hydroxylation sites is 2. The number of thiophene rings is 1. The molecule has 4 rings (SSSR count). The van der Waals surface area contributed by atoms with Gasteiger partial charge in [0.15, 0.2) is 0 Å². The number of amides is 2. The van der Waals surface area contributed by atoms with Crippen LogP contribution < -0.4 is 15.5 Å². The Hall–Kier alpha value is -2.90. The third kappa shape index (κ3) is 5.24. The van der Waals surface area contributed by atoms with Crippen LogP contribution in [0.3, 0.4) is 0 Å². The summed E-state index contributed by atoms with van der Waals surface area (Å²) in [6.07, 6.45) is 0. The van der Waals surface area contributed by atoms with E-state index in [0.717, 1.165) is 31.9 Å². The van der Waals surface area contributed by atoms with Gasteiger partial charge in [0.05, 0.1) is 11.7 Å². The highest BCUT2D eigenvalue weighted by Gasteiger charge is 2.31. The fraction of sp³-hybridized carbons (Fsp3) is 0.292. The van der Waals surface area contributed by atoms with Crippen LogP contribution in [0.4, 0.5) is 20.6 Å². The van der Waals surface area contributed by atoms with E-state index in [1.807, 2.05) is 55.5 Å². The molecule has 31 heavy (non-hydrogen) atoms. The van der Waals surface area contributed by atoms with Crippen LogP contribution in [0.2, 0.25) is 0 Å². The van der Waals surface area contributed by atoms with Crippen molar-refractivity contribution in [2.45, 2.75) is 19.0 Å². The molecule has 2 amide bonds. The molecule has 1 aromatic heterocycles. The summed E-state index contributed by atoms with van der Waals surface area (Å²) >= 11 is 1.70. The number of hydrogen-bond acceptors (Lipinski definition) is 4. The average Bonchev–Trinajstić information content (AvgIpc) is 3.30. The largest absolute Gasteiger partial charge is 0.367 e. The molecule has 5 nitrogen and oxygen atoms in total. The van der Waals surface area contributed by atoms with Crippen molar-refractivity contribution < 1.29 is 9.18 Å². The van der Waals surface area contributed by atoms with Gasteiger partial charge in [-0.05, 0) is 42.6 Å². The van der Waals surface area contributed by atoms with Gasteiger partial charge >= 0.3 is 6.03 Å². The molecule has 2 atom stereocenters. The number of piperazine rings is 1. The third-order valence-electron chi connectivity index (χ3n) is 5.60. The molecule has 3 aromatic rings. The number of rotatable bonds is 6. The molecule has 0 aliphatic carbocycles. The molecule has 1 fully saturated rings. The van der Waals surface area contributed by atoms with E-state index in [-0.39, 0.29) is 23.9 Å². The molecule has 2 heterocycles. The maximum atomic E-state index is 14.2. The zero-order valence-corrected chi connectivity index (χ0v) is 18.3. The second-order valence-electron chi connectivity index (χ2n) is 7.69. The van der Waals surface area contributed by atoms with Crippen LogP contribution in [-0.2, 0) is 0 Å². The minimum absolute atomic E-state index is 0.0595. The second-order valence-corrected chi connectivity index (χ2v) is 8.67. The molecule has 1 aliphatic heterocycles. The number of carbonyl (C=O) groups is 1. The quantitative estimate of drug-likeness (QED) is 0.572. The summed E-state index contributed by atoms with van der Waals surface area (Å²) in [7, 11) is 0. The number of halogens is 1. The maximum Gasteiger partial charge on any atom is 0.319 e. The monoisotopic (exact) mass is 438 g/mol.